The molecule has 0 spiro atoms. The third-order valence-electron chi connectivity index (χ3n) is 5.27. The number of rotatable bonds is 1. The van der Waals surface area contributed by atoms with Crippen molar-refractivity contribution in [2.45, 2.75) is 44.7 Å². The first kappa shape index (κ1) is 13.2. The van der Waals surface area contributed by atoms with E-state index in [0.717, 1.165) is 24.8 Å². The van der Waals surface area contributed by atoms with Crippen molar-refractivity contribution in [3.8, 4) is 6.07 Å². The highest BCUT2D eigenvalue weighted by Gasteiger charge is 2.57. The quantitative estimate of drug-likeness (QED) is 0.785. The molecule has 0 unspecified atom stereocenters. The zero-order chi connectivity index (χ0) is 14.3. The van der Waals surface area contributed by atoms with Crippen LogP contribution in [-0.2, 0) is 10.3 Å². The van der Waals surface area contributed by atoms with E-state index in [9.17, 15) is 10.1 Å². The van der Waals surface area contributed by atoms with Crippen LogP contribution in [0, 0.1) is 23.2 Å². The van der Waals surface area contributed by atoms with Gasteiger partial charge in [0.25, 0.3) is 0 Å². The number of nitriles is 1. The normalized spacial score (nSPS) is 35.6. The molecule has 1 aromatic rings. The lowest BCUT2D eigenvalue weighted by molar-refractivity contribution is -0.135. The molecular weight excluding hydrogens is 248 g/mol. The third kappa shape index (κ3) is 1.67. The van der Waals surface area contributed by atoms with E-state index in [4.69, 9.17) is 0 Å². The third-order valence-corrected chi connectivity index (χ3v) is 5.27. The largest absolute Gasteiger partial charge is 0.330 e. The Balaban J connectivity index is 2.13. The maximum Gasteiger partial charge on any atom is 0.220 e. The van der Waals surface area contributed by atoms with E-state index < -0.39 is 0 Å². The Morgan fingerprint density at radius 3 is 2.65 bits per heavy atom. The molecule has 3 heteroatoms. The van der Waals surface area contributed by atoms with Crippen molar-refractivity contribution in [2.24, 2.45) is 11.8 Å². The summed E-state index contributed by atoms with van der Waals surface area (Å²) >= 11 is 0. The van der Waals surface area contributed by atoms with Crippen LogP contribution in [0.25, 0.3) is 0 Å². The van der Waals surface area contributed by atoms with Crippen LogP contribution in [0.5, 0.6) is 0 Å². The van der Waals surface area contributed by atoms with Crippen LogP contribution in [0.1, 0.15) is 38.7 Å². The van der Waals surface area contributed by atoms with Crippen LogP contribution < -0.4 is 0 Å². The van der Waals surface area contributed by atoms with Gasteiger partial charge in [-0.3, -0.25) is 4.79 Å². The number of hydrogen-bond donors (Lipinski definition) is 0. The number of amides is 1. The Hall–Kier alpha value is -1.82. The van der Waals surface area contributed by atoms with E-state index in [-0.39, 0.29) is 23.3 Å². The first-order valence-corrected chi connectivity index (χ1v) is 7.34. The summed E-state index contributed by atoms with van der Waals surface area (Å²) < 4.78 is 0. The summed E-state index contributed by atoms with van der Waals surface area (Å²) in [4.78, 5) is 14.3. The summed E-state index contributed by atoms with van der Waals surface area (Å²) in [6, 6.07) is 13.0. The molecule has 1 heterocycles. The molecule has 0 radical (unpaired) electrons. The number of carbonyl (C=O) groups is 1. The van der Waals surface area contributed by atoms with Gasteiger partial charge < -0.3 is 4.90 Å². The lowest BCUT2D eigenvalue weighted by atomic mass is 9.70. The van der Waals surface area contributed by atoms with Crippen molar-refractivity contribution >= 4 is 5.91 Å². The number of nitrogens with zero attached hydrogens (tertiary/aromatic N) is 2. The maximum absolute atomic E-state index is 12.2. The van der Waals surface area contributed by atoms with Gasteiger partial charge in [-0.25, -0.2) is 0 Å². The fraction of sp³-hybridized carbons (Fsp3) is 0.529. The monoisotopic (exact) mass is 268 g/mol. The molecule has 0 aromatic heterocycles. The Morgan fingerprint density at radius 1 is 1.35 bits per heavy atom. The van der Waals surface area contributed by atoms with Crippen LogP contribution in [0.2, 0.25) is 0 Å². The molecule has 20 heavy (non-hydrogen) atoms. The number of carbonyl (C=O) groups excluding carboxylic acids is 1. The molecule has 1 amide bonds. The average Bonchev–Trinajstić information content (AvgIpc) is 2.70. The molecule has 1 saturated heterocycles. The first-order valence-electron chi connectivity index (χ1n) is 7.34. The predicted molar refractivity (Wildman–Crippen MR) is 76.5 cm³/mol. The Bertz CT molecular complexity index is 562. The summed E-state index contributed by atoms with van der Waals surface area (Å²) in [6.07, 6.45) is 2.83. The van der Waals surface area contributed by atoms with Crippen LogP contribution in [0.4, 0.5) is 0 Å². The second-order valence-corrected chi connectivity index (χ2v) is 6.21. The molecule has 1 aliphatic carbocycles. The van der Waals surface area contributed by atoms with E-state index >= 15 is 0 Å². The average molecular weight is 268 g/mol. The van der Waals surface area contributed by atoms with Gasteiger partial charge in [-0.1, -0.05) is 30.3 Å². The molecular formula is C17H20N2O. The predicted octanol–water partition coefficient (Wildman–Crippen LogP) is 3.07. The van der Waals surface area contributed by atoms with Crippen LogP contribution in [0.3, 0.4) is 0 Å². The number of hydrogen-bond acceptors (Lipinski definition) is 2. The Labute approximate surface area is 120 Å². The minimum absolute atomic E-state index is 0.0563. The van der Waals surface area contributed by atoms with Gasteiger partial charge in [0.2, 0.25) is 5.91 Å². The second kappa shape index (κ2) is 4.63. The fourth-order valence-corrected chi connectivity index (χ4v) is 4.43. The van der Waals surface area contributed by atoms with Crippen LogP contribution in [-0.4, -0.2) is 16.8 Å². The van der Waals surface area contributed by atoms with Gasteiger partial charge in [0, 0.05) is 18.9 Å². The van der Waals surface area contributed by atoms with Crippen molar-refractivity contribution < 1.29 is 4.79 Å². The minimum atomic E-state index is -0.339. The van der Waals surface area contributed by atoms with Crippen molar-refractivity contribution in [1.82, 2.24) is 4.90 Å². The minimum Gasteiger partial charge on any atom is -0.330 e. The van der Waals surface area contributed by atoms with Crippen molar-refractivity contribution in [2.75, 3.05) is 0 Å². The molecule has 1 saturated carbocycles. The van der Waals surface area contributed by atoms with Crippen molar-refractivity contribution in [3.63, 3.8) is 0 Å². The second-order valence-electron chi connectivity index (χ2n) is 6.21. The SMILES string of the molecule is CC(=O)N1[C@@H]2CC[C@H](C#N)[C@@H](C2)[C@@]1(C)c1ccccc1. The summed E-state index contributed by atoms with van der Waals surface area (Å²) in [5, 5.41) is 9.46. The van der Waals surface area contributed by atoms with Crippen molar-refractivity contribution in [1.29, 1.82) is 5.26 Å². The van der Waals surface area contributed by atoms with E-state index in [1.54, 1.807) is 6.92 Å². The van der Waals surface area contributed by atoms with Gasteiger partial charge in [-0.2, -0.15) is 5.26 Å². The zero-order valence-corrected chi connectivity index (χ0v) is 12.0. The first-order chi connectivity index (χ1) is 9.59. The van der Waals surface area contributed by atoms with E-state index in [0.29, 0.717) is 6.04 Å². The van der Waals surface area contributed by atoms with Crippen LogP contribution in [0.15, 0.2) is 30.3 Å². The lowest BCUT2D eigenvalue weighted by Gasteiger charge is -2.40. The number of likely N-dealkylation sites (tertiary alicyclic amines) is 1. The van der Waals surface area contributed by atoms with Gasteiger partial charge in [0.1, 0.15) is 0 Å². The number of benzene rings is 1. The lowest BCUT2D eigenvalue weighted by Crippen LogP contribution is -2.47. The molecule has 1 aromatic carbocycles. The highest BCUT2D eigenvalue weighted by molar-refractivity contribution is 5.75. The van der Waals surface area contributed by atoms with Gasteiger partial charge >= 0.3 is 0 Å². The summed E-state index contributed by atoms with van der Waals surface area (Å²) in [5.74, 6) is 0.431. The smallest absolute Gasteiger partial charge is 0.220 e. The van der Waals surface area contributed by atoms with E-state index in [2.05, 4.69) is 25.1 Å². The molecule has 4 atom stereocenters. The summed E-state index contributed by atoms with van der Waals surface area (Å²) in [7, 11) is 0. The van der Waals surface area contributed by atoms with Crippen LogP contribution >= 0.6 is 0 Å². The fourth-order valence-electron chi connectivity index (χ4n) is 4.43. The summed E-state index contributed by atoms with van der Waals surface area (Å²) in [6.45, 7) is 3.80. The van der Waals surface area contributed by atoms with E-state index in [1.165, 1.54) is 0 Å². The Morgan fingerprint density at radius 2 is 2.05 bits per heavy atom. The molecule has 1 aliphatic heterocycles. The van der Waals surface area contributed by atoms with Gasteiger partial charge in [0.15, 0.2) is 0 Å². The molecule has 104 valence electrons. The Kier molecular flexibility index (Phi) is 3.05. The summed E-state index contributed by atoms with van der Waals surface area (Å²) in [5.41, 5.74) is 0.819. The van der Waals surface area contributed by atoms with E-state index in [1.807, 2.05) is 23.1 Å². The standard InChI is InChI=1S/C17H20N2O/c1-12(20)19-15-9-8-13(11-18)16(10-15)17(19,2)14-6-4-3-5-7-14/h3-7,13,15-16H,8-10H2,1-2H3/t13-,15-,16-,17-/m1/s1. The highest BCUT2D eigenvalue weighted by Crippen LogP contribution is 2.54. The molecule has 3 nitrogen and oxygen atoms in total. The van der Waals surface area contributed by atoms with Gasteiger partial charge in [-0.05, 0) is 31.7 Å². The topological polar surface area (TPSA) is 44.1 Å². The van der Waals surface area contributed by atoms with Gasteiger partial charge in [-0.15, -0.1) is 0 Å². The highest BCUT2D eigenvalue weighted by atomic mass is 16.2. The molecule has 2 fully saturated rings. The number of fused-ring (bicyclic) bond motifs is 2. The molecule has 2 bridgehead atoms. The molecule has 3 rings (SSSR count). The molecule has 0 N–H and O–H groups in total. The maximum atomic E-state index is 12.2. The van der Waals surface area contributed by atoms with Crippen molar-refractivity contribution in [3.05, 3.63) is 35.9 Å². The molecule has 2 aliphatic rings. The van der Waals surface area contributed by atoms with Gasteiger partial charge in [0.05, 0.1) is 17.5 Å². The zero-order valence-electron chi connectivity index (χ0n) is 12.0.